The molecule has 0 spiro atoms. The molecule has 41 heavy (non-hydrogen) atoms. The first-order chi connectivity index (χ1) is 19.7. The number of ether oxygens (including phenoxy) is 1. The molecule has 2 aliphatic heterocycles. The van der Waals surface area contributed by atoms with Crippen molar-refractivity contribution < 1.29 is 19.4 Å². The van der Waals surface area contributed by atoms with Crippen LogP contribution in [-0.2, 0) is 16.8 Å². The van der Waals surface area contributed by atoms with Gasteiger partial charge in [-0.25, -0.2) is 4.72 Å². The van der Waals surface area contributed by atoms with Crippen molar-refractivity contribution >= 4 is 27.0 Å². The third-order valence-corrected chi connectivity index (χ3v) is 11.7. The third-order valence-electron chi connectivity index (χ3n) is 10.2. The third kappa shape index (κ3) is 4.57. The predicted molar refractivity (Wildman–Crippen MR) is 163 cm³/mol. The molecule has 0 bridgehead atoms. The highest BCUT2D eigenvalue weighted by Crippen LogP contribution is 2.65. The summed E-state index contributed by atoms with van der Waals surface area (Å²) >= 11 is 0. The molecule has 2 atom stereocenters. The molecule has 1 saturated heterocycles. The van der Waals surface area contributed by atoms with E-state index in [9.17, 15) is 13.2 Å². The molecule has 2 aromatic carbocycles. The Hall–Kier alpha value is -2.88. The molecule has 2 unspecified atom stereocenters. The van der Waals surface area contributed by atoms with Gasteiger partial charge in [0.1, 0.15) is 5.75 Å². The predicted octanol–water partition coefficient (Wildman–Crippen LogP) is 5.34. The van der Waals surface area contributed by atoms with Gasteiger partial charge in [-0.2, -0.15) is 12.7 Å². The molecule has 4 aliphatic rings. The van der Waals surface area contributed by atoms with Crippen molar-refractivity contribution in [3.8, 4) is 17.0 Å². The Morgan fingerprint density at radius 3 is 2.54 bits per heavy atom. The maximum atomic E-state index is 13.4. The van der Waals surface area contributed by atoms with Crippen LogP contribution < -0.4 is 9.46 Å². The van der Waals surface area contributed by atoms with Crippen LogP contribution in [-0.4, -0.2) is 68.4 Å². The number of carbonyl (C=O) groups is 1. The monoisotopic (exact) mass is 578 g/mol. The summed E-state index contributed by atoms with van der Waals surface area (Å²) in [5, 5.41) is 1.19. The zero-order chi connectivity index (χ0) is 28.5. The lowest BCUT2D eigenvalue weighted by Crippen LogP contribution is -2.52. The molecule has 220 valence electrons. The number of piperazine rings is 1. The van der Waals surface area contributed by atoms with E-state index in [1.54, 1.807) is 13.2 Å². The van der Waals surface area contributed by atoms with E-state index in [-0.39, 0.29) is 6.84 Å². The number of methoxy groups -OCH3 is 1. The van der Waals surface area contributed by atoms with Crippen LogP contribution in [0.2, 0.25) is 0 Å². The number of nitrogens with one attached hydrogen (secondary N) is 1. The highest BCUT2D eigenvalue weighted by Gasteiger charge is 2.54. The molecular weight excluding hydrogens is 536 g/mol. The van der Waals surface area contributed by atoms with Crippen LogP contribution in [0, 0.1) is 5.41 Å². The van der Waals surface area contributed by atoms with Crippen LogP contribution >= 0.6 is 0 Å². The number of hydrogen-bond acceptors (Lipinski definition) is 5. The number of nitrogens with zero attached hydrogens (tertiary/aromatic N) is 3. The number of amides is 1. The van der Waals surface area contributed by atoms with Gasteiger partial charge in [0.15, 0.2) is 0 Å². The fourth-order valence-corrected chi connectivity index (χ4v) is 8.77. The van der Waals surface area contributed by atoms with Gasteiger partial charge < -0.3 is 14.2 Å². The summed E-state index contributed by atoms with van der Waals surface area (Å²) in [6, 6.07) is 12.3. The smallest absolute Gasteiger partial charge is 0.304 e. The average Bonchev–Trinajstić information content (AvgIpc) is 3.57. The van der Waals surface area contributed by atoms with Crippen LogP contribution in [0.3, 0.4) is 0 Å². The molecule has 3 fully saturated rings. The van der Waals surface area contributed by atoms with Crippen LogP contribution in [0.4, 0.5) is 0 Å². The number of benzene rings is 2. The molecule has 0 radical (unpaired) electrons. The van der Waals surface area contributed by atoms with Crippen molar-refractivity contribution in [3.63, 3.8) is 0 Å². The van der Waals surface area contributed by atoms with E-state index >= 15 is 0 Å². The quantitative estimate of drug-likeness (QED) is 0.442. The van der Waals surface area contributed by atoms with E-state index in [1.807, 2.05) is 13.1 Å². The number of likely N-dealkylation sites (N-methyl/N-ethyl adjacent to an activating group) is 1. The molecule has 1 amide bonds. The molecule has 3 heterocycles. The van der Waals surface area contributed by atoms with E-state index in [4.69, 9.17) is 4.74 Å². The molecule has 3 aromatic rings. The van der Waals surface area contributed by atoms with Gasteiger partial charge in [-0.15, -0.1) is 0 Å². The first-order valence-corrected chi connectivity index (χ1v) is 16.5. The molecule has 1 N–H and O–H groups in total. The highest BCUT2D eigenvalue weighted by atomic mass is 32.2. The first kappa shape index (κ1) is 27.0. The fraction of sp³-hybridized carbons (Fsp3) is 0.531. The fourth-order valence-electron chi connectivity index (χ4n) is 7.65. The van der Waals surface area contributed by atoms with Crippen molar-refractivity contribution in [1.82, 2.24) is 18.5 Å². The maximum absolute atomic E-state index is 13.4. The average molecular weight is 579 g/mol. The van der Waals surface area contributed by atoms with Gasteiger partial charge >= 0.3 is 10.2 Å². The topological polar surface area (TPSA) is 83.9 Å². The number of carbonyl (C=O) groups excluding carboxylic acids is 1. The molecular formula is C32H42N4O4S. The van der Waals surface area contributed by atoms with Gasteiger partial charge in [-0.1, -0.05) is 32.3 Å². The summed E-state index contributed by atoms with van der Waals surface area (Å²) in [7, 11) is -0.214. The molecule has 2 saturated carbocycles. The van der Waals surface area contributed by atoms with Crippen LogP contribution in [0.25, 0.3) is 22.2 Å². The van der Waals surface area contributed by atoms with Crippen LogP contribution in [0.5, 0.6) is 5.75 Å². The molecule has 7 rings (SSSR count). The lowest BCUT2D eigenvalue weighted by atomic mass is 9.81. The highest BCUT2D eigenvalue weighted by molar-refractivity contribution is 7.87. The van der Waals surface area contributed by atoms with Crippen LogP contribution in [0.1, 0.15) is 80.2 Å². The summed E-state index contributed by atoms with van der Waals surface area (Å²) in [5.41, 5.74) is 6.85. The van der Waals surface area contributed by atoms with Gasteiger partial charge in [0.25, 0.3) is 5.91 Å². The van der Waals surface area contributed by atoms with Gasteiger partial charge in [0, 0.05) is 56.2 Å². The largest absolute Gasteiger partial charge is 0.497 e. The Balaban J connectivity index is 0.00000316. The van der Waals surface area contributed by atoms with Gasteiger partial charge in [0.05, 0.1) is 12.8 Å². The van der Waals surface area contributed by atoms with E-state index in [2.05, 4.69) is 45.4 Å². The summed E-state index contributed by atoms with van der Waals surface area (Å²) < 4.78 is 37.9. The van der Waals surface area contributed by atoms with Gasteiger partial charge in [0.2, 0.25) is 0 Å². The first-order valence-electron chi connectivity index (χ1n) is 15.0. The molecule has 2 aliphatic carbocycles. The van der Waals surface area contributed by atoms with E-state index in [0.717, 1.165) is 24.2 Å². The second-order valence-electron chi connectivity index (χ2n) is 12.9. The Kier molecular flexibility index (Phi) is 6.48. The van der Waals surface area contributed by atoms with Crippen molar-refractivity contribution in [2.75, 3.05) is 40.3 Å². The van der Waals surface area contributed by atoms with E-state index in [1.165, 1.54) is 64.2 Å². The zero-order valence-electron chi connectivity index (χ0n) is 24.3. The lowest BCUT2D eigenvalue weighted by Gasteiger charge is -2.31. The van der Waals surface area contributed by atoms with Crippen molar-refractivity contribution in [3.05, 3.63) is 53.1 Å². The standard InChI is InChI=1S/C32H40N4O4S.H2/c1-32-19-27(32)26-18-23(40-3)10-12-24(26)30-29(21-7-5-4-6-8-21)25-11-9-22(17-28(25)36(30)20-32)31(37)33-41(38,39)35-15-13-34(2)14-16-35;/h9-12,17-18,21,27H,4-8,13-16,19-20H2,1-3H3,(H,33,37);1H. The SMILES string of the molecule is COc1ccc2c(c1)C1CC1(C)Cn1c-2c(C2CCCCC2)c2ccc(C(=O)NS(=O)(=O)N3CCN(C)CC3)cc21.[HH]. The minimum absolute atomic E-state index is 0. The van der Waals surface area contributed by atoms with Crippen molar-refractivity contribution in [1.29, 1.82) is 0 Å². The van der Waals surface area contributed by atoms with Crippen LogP contribution in [0.15, 0.2) is 36.4 Å². The van der Waals surface area contributed by atoms with E-state index < -0.39 is 16.1 Å². The summed E-state index contributed by atoms with van der Waals surface area (Å²) in [6.07, 6.45) is 7.21. The van der Waals surface area contributed by atoms with Crippen molar-refractivity contribution in [2.45, 2.75) is 63.8 Å². The van der Waals surface area contributed by atoms with Crippen molar-refractivity contribution in [2.24, 2.45) is 5.41 Å². The summed E-state index contributed by atoms with van der Waals surface area (Å²) in [4.78, 5) is 15.5. The molecule has 8 nitrogen and oxygen atoms in total. The second kappa shape index (κ2) is 9.85. The number of aromatic nitrogens is 1. The Morgan fingerprint density at radius 1 is 1.05 bits per heavy atom. The minimum Gasteiger partial charge on any atom is -0.497 e. The minimum atomic E-state index is -3.91. The Labute approximate surface area is 244 Å². The second-order valence-corrected chi connectivity index (χ2v) is 14.6. The summed E-state index contributed by atoms with van der Waals surface area (Å²) in [6.45, 7) is 5.28. The number of rotatable bonds is 5. The Morgan fingerprint density at radius 2 is 1.80 bits per heavy atom. The number of hydrogen-bond donors (Lipinski definition) is 1. The van der Waals surface area contributed by atoms with E-state index in [0.29, 0.717) is 43.6 Å². The normalized spacial score (nSPS) is 25.2. The zero-order valence-corrected chi connectivity index (χ0v) is 25.1. The molecule has 1 aromatic heterocycles. The number of fused-ring (bicyclic) bond motifs is 7. The molecule has 9 heteroatoms. The lowest BCUT2D eigenvalue weighted by molar-refractivity contribution is 0.0977. The van der Waals surface area contributed by atoms with Gasteiger partial charge in [-0.3, -0.25) is 4.79 Å². The summed E-state index contributed by atoms with van der Waals surface area (Å²) in [5.74, 6) is 1.26. The maximum Gasteiger partial charge on any atom is 0.304 e. The Bertz CT molecular complexity index is 1640. The van der Waals surface area contributed by atoms with Gasteiger partial charge in [-0.05, 0) is 85.0 Å².